The molecule has 0 unspecified atom stereocenters. The summed E-state index contributed by atoms with van der Waals surface area (Å²) in [5.41, 5.74) is 0. The molecule has 35 valence electrons. The molecule has 0 heterocycles. The number of rotatable bonds is 0. The first kappa shape index (κ1) is 35.3. The molecule has 0 saturated heterocycles. The van der Waals surface area contributed by atoms with Crippen LogP contribution in [0.5, 0.6) is 0 Å². The summed E-state index contributed by atoms with van der Waals surface area (Å²) in [6.45, 7) is 0. The first-order valence-corrected chi connectivity index (χ1v) is 0.612. The fourth-order valence-electron chi connectivity index (χ4n) is 0. The van der Waals surface area contributed by atoms with Gasteiger partial charge in [-0.2, -0.15) is 0 Å². The Bertz CT molecular complexity index is 39.0. The van der Waals surface area contributed by atoms with Gasteiger partial charge in [-0.15, -0.1) is 0 Å². The van der Waals surface area contributed by atoms with Gasteiger partial charge in [-0.05, 0) is 6.16 Å². The summed E-state index contributed by atoms with van der Waals surface area (Å²) in [4.78, 5) is 8.33. The van der Waals surface area contributed by atoms with Crippen LogP contribution in [0.1, 0.15) is 0 Å². The maximum absolute atomic E-state index is 8.33. The van der Waals surface area contributed by atoms with Crippen LogP contribution in [-0.2, 0) is 19.5 Å². The largest absolute Gasteiger partial charge is 2.00 e. The van der Waals surface area contributed by atoms with E-state index in [2.05, 4.69) is 0 Å². The minimum atomic E-state index is -2.33. The minimum Gasteiger partial charge on any atom is -0.870 e. The van der Waals surface area contributed by atoms with Gasteiger partial charge >= 0.3 is 42.5 Å². The maximum Gasteiger partial charge on any atom is 2.00 e. The van der Waals surface area contributed by atoms with Crippen LogP contribution in [-0.4, -0.2) is 52.0 Å². The Labute approximate surface area is 86.0 Å². The molecule has 7 heteroatoms. The van der Waals surface area contributed by atoms with Crippen molar-refractivity contribution in [2.45, 2.75) is 0 Å². The predicted octanol–water partition coefficient (Wildman–Crippen LogP) is -3.39. The van der Waals surface area contributed by atoms with Crippen LogP contribution in [0, 0.1) is 0 Å². The first-order chi connectivity index (χ1) is 1.73. The fourth-order valence-corrected chi connectivity index (χ4v) is 0. The van der Waals surface area contributed by atoms with Crippen molar-refractivity contribution in [1.82, 2.24) is 0 Å². The van der Waals surface area contributed by atoms with Crippen LogP contribution in [0.3, 0.4) is 0 Å². The van der Waals surface area contributed by atoms with Crippen molar-refractivity contribution in [2.24, 2.45) is 0 Å². The summed E-state index contributed by atoms with van der Waals surface area (Å²) in [5.74, 6) is 0. The van der Waals surface area contributed by atoms with E-state index >= 15 is 0 Å². The molecular formula is CHAlMgO4Zn+. The summed E-state index contributed by atoms with van der Waals surface area (Å²) >= 11 is 0. The SMILES string of the molecule is O=C([O-])[O-].[Al].[Mg+2].[OH-].[Zn+2]. The van der Waals surface area contributed by atoms with E-state index < -0.39 is 6.16 Å². The second-order valence-corrected chi connectivity index (χ2v) is 0.250. The van der Waals surface area contributed by atoms with E-state index in [4.69, 9.17) is 15.0 Å². The van der Waals surface area contributed by atoms with Gasteiger partial charge in [-0.3, -0.25) is 0 Å². The summed E-state index contributed by atoms with van der Waals surface area (Å²) in [7, 11) is 0. The standard InChI is InChI=1S/CH2O3.Al.Mg.H2O.Zn/c2-1(3)4;;;;/h(H2,2,3,4);;;1H2;/q;;+2;;+2/p-3. The molecule has 0 aliphatic heterocycles. The van der Waals surface area contributed by atoms with Gasteiger partial charge < -0.3 is 20.5 Å². The number of carbonyl (C=O) groups excluding carboxylic acids is 1. The minimum absolute atomic E-state index is 0. The van der Waals surface area contributed by atoms with Crippen molar-refractivity contribution in [3.63, 3.8) is 0 Å². The Morgan fingerprint density at radius 3 is 1.25 bits per heavy atom. The Hall–Kier alpha value is 1.15. The van der Waals surface area contributed by atoms with E-state index in [1.807, 2.05) is 0 Å². The molecule has 0 aliphatic carbocycles. The van der Waals surface area contributed by atoms with Gasteiger partial charge in [0.2, 0.25) is 0 Å². The van der Waals surface area contributed by atoms with Crippen LogP contribution in [0.25, 0.3) is 0 Å². The Balaban J connectivity index is -0.00000000750. The van der Waals surface area contributed by atoms with Gasteiger partial charge in [0.25, 0.3) is 0 Å². The second-order valence-electron chi connectivity index (χ2n) is 0.250. The molecule has 0 aromatic rings. The van der Waals surface area contributed by atoms with Crippen molar-refractivity contribution >= 4 is 46.6 Å². The molecule has 1 N–H and O–H groups in total. The van der Waals surface area contributed by atoms with Crippen molar-refractivity contribution < 1.29 is 40.0 Å². The van der Waals surface area contributed by atoms with Crippen LogP contribution in [0.2, 0.25) is 0 Å². The Morgan fingerprint density at radius 1 is 1.25 bits per heavy atom. The van der Waals surface area contributed by atoms with Crippen molar-refractivity contribution in [3.05, 3.63) is 0 Å². The third kappa shape index (κ3) is 204. The fraction of sp³-hybridized carbons (Fsp3) is 0. The molecule has 0 saturated carbocycles. The molecule has 0 rings (SSSR count). The Morgan fingerprint density at radius 2 is 1.25 bits per heavy atom. The zero-order chi connectivity index (χ0) is 3.58. The normalized spacial score (nSPS) is 3.00. The topological polar surface area (TPSA) is 93.2 Å². The number of hydrogen-bond acceptors (Lipinski definition) is 4. The smallest absolute Gasteiger partial charge is 0.870 e. The molecule has 0 aromatic heterocycles. The van der Waals surface area contributed by atoms with Crippen LogP contribution >= 0.6 is 0 Å². The quantitative estimate of drug-likeness (QED) is 0.375. The van der Waals surface area contributed by atoms with Crippen molar-refractivity contribution in [3.8, 4) is 0 Å². The average molecular weight is 194 g/mol. The monoisotopic (exact) mass is 192 g/mol. The molecule has 0 amide bonds. The molecule has 0 aliphatic rings. The third-order valence-corrected chi connectivity index (χ3v) is 0. The van der Waals surface area contributed by atoms with Gasteiger partial charge in [-0.1, -0.05) is 0 Å². The van der Waals surface area contributed by atoms with E-state index in [1.54, 1.807) is 0 Å². The van der Waals surface area contributed by atoms with Gasteiger partial charge in [0.15, 0.2) is 0 Å². The summed E-state index contributed by atoms with van der Waals surface area (Å²) < 4.78 is 0. The van der Waals surface area contributed by atoms with E-state index in [9.17, 15) is 0 Å². The van der Waals surface area contributed by atoms with Gasteiger partial charge in [0, 0.05) is 17.4 Å². The predicted molar refractivity (Wildman–Crippen MR) is 18.8 cm³/mol. The summed E-state index contributed by atoms with van der Waals surface area (Å²) in [6, 6.07) is 0. The Kier molecular flexibility index (Phi) is 107. The van der Waals surface area contributed by atoms with Crippen LogP contribution < -0.4 is 10.2 Å². The maximum atomic E-state index is 8.33. The van der Waals surface area contributed by atoms with E-state index in [-0.39, 0.29) is 65.4 Å². The van der Waals surface area contributed by atoms with E-state index in [0.29, 0.717) is 0 Å². The number of hydrogen-bond donors (Lipinski definition) is 0. The summed E-state index contributed by atoms with van der Waals surface area (Å²) in [5, 5.41) is 16.7. The molecule has 0 spiro atoms. The molecule has 0 atom stereocenters. The summed E-state index contributed by atoms with van der Waals surface area (Å²) in [6.07, 6.45) is -2.33. The molecule has 8 heavy (non-hydrogen) atoms. The molecular weight excluding hydrogens is 193 g/mol. The molecule has 0 fully saturated rings. The average Bonchev–Trinajstić information content (AvgIpc) is 0.811. The van der Waals surface area contributed by atoms with Crippen LogP contribution in [0.15, 0.2) is 0 Å². The number of carboxylic acid groups (broad SMARTS) is 2. The second kappa shape index (κ2) is 24.2. The van der Waals surface area contributed by atoms with Crippen molar-refractivity contribution in [2.75, 3.05) is 0 Å². The van der Waals surface area contributed by atoms with Gasteiger partial charge in [-0.25, -0.2) is 0 Å². The zero-order valence-electron chi connectivity index (χ0n) is 4.16. The first-order valence-electron chi connectivity index (χ1n) is 0.612. The number of carbonyl (C=O) groups is 1. The van der Waals surface area contributed by atoms with Crippen molar-refractivity contribution in [1.29, 1.82) is 0 Å². The molecule has 0 aromatic carbocycles. The van der Waals surface area contributed by atoms with Gasteiger partial charge in [0.1, 0.15) is 0 Å². The molecule has 0 bridgehead atoms. The van der Waals surface area contributed by atoms with Crippen LogP contribution in [0.4, 0.5) is 4.79 Å². The van der Waals surface area contributed by atoms with Gasteiger partial charge in [0.05, 0.1) is 0 Å². The third-order valence-electron chi connectivity index (χ3n) is 0. The zero-order valence-corrected chi connectivity index (χ0v) is 9.70. The molecule has 4 nitrogen and oxygen atoms in total. The van der Waals surface area contributed by atoms with E-state index in [0.717, 1.165) is 0 Å². The molecule has 3 radical (unpaired) electrons. The van der Waals surface area contributed by atoms with E-state index in [1.165, 1.54) is 0 Å².